The molecule has 0 saturated heterocycles. The molecule has 3 atom stereocenters. The Bertz CT molecular complexity index is 995. The molecular weight excluding hydrogens is 413 g/mol. The van der Waals surface area contributed by atoms with Gasteiger partial charge in [0.05, 0.1) is 5.92 Å². The maximum atomic E-state index is 12.8. The lowest BCUT2D eigenvalue weighted by atomic mass is 9.97. The summed E-state index contributed by atoms with van der Waals surface area (Å²) in [6, 6.07) is 16.1. The van der Waals surface area contributed by atoms with E-state index in [-0.39, 0.29) is 6.10 Å². The Labute approximate surface area is 178 Å². The standard InChI is InChI=1S/C24H22ClF3O2/c1-23(2)19(13-20(25)24(26,27)28)21(23)22(29)30-16-11-15-9-6-10-17(18(15)12-16)14-7-4-3-5-8-14/h3-10,13,16,19,21H,11-12H2,1-2H3/b20-13+/t16-,19?,21+/m1/s1. The number of esters is 1. The van der Waals surface area contributed by atoms with Gasteiger partial charge in [0, 0.05) is 12.8 Å². The van der Waals surface area contributed by atoms with Crippen molar-refractivity contribution >= 4 is 17.6 Å². The van der Waals surface area contributed by atoms with Crippen LogP contribution in [0.5, 0.6) is 0 Å². The van der Waals surface area contributed by atoms with Gasteiger partial charge in [-0.1, -0.05) is 80.1 Å². The SMILES string of the molecule is CC1(C)C(/C=C(/Cl)C(F)(F)F)[C@H]1C(=O)O[C@@H]1Cc2cccc(-c3ccccc3)c2C1. The lowest BCUT2D eigenvalue weighted by molar-refractivity contribution is -0.151. The van der Waals surface area contributed by atoms with Crippen LogP contribution >= 0.6 is 11.6 Å². The minimum atomic E-state index is -4.60. The molecule has 0 spiro atoms. The van der Waals surface area contributed by atoms with E-state index in [4.69, 9.17) is 16.3 Å². The van der Waals surface area contributed by atoms with E-state index < -0.39 is 34.4 Å². The largest absolute Gasteiger partial charge is 0.461 e. The zero-order valence-electron chi connectivity index (χ0n) is 16.7. The van der Waals surface area contributed by atoms with Crippen molar-refractivity contribution in [2.24, 2.45) is 17.3 Å². The maximum absolute atomic E-state index is 12.8. The fraction of sp³-hybridized carbons (Fsp3) is 0.375. The molecule has 0 bridgehead atoms. The molecule has 2 aliphatic carbocycles. The first-order valence-corrected chi connectivity index (χ1v) is 10.3. The van der Waals surface area contributed by atoms with Gasteiger partial charge in [-0.3, -0.25) is 4.79 Å². The number of hydrogen-bond donors (Lipinski definition) is 0. The number of carbonyl (C=O) groups excluding carboxylic acids is 1. The Hall–Kier alpha value is -2.27. The van der Waals surface area contributed by atoms with Crippen molar-refractivity contribution in [2.45, 2.75) is 39.0 Å². The summed E-state index contributed by atoms with van der Waals surface area (Å²) >= 11 is 5.38. The van der Waals surface area contributed by atoms with Crippen LogP contribution in [0.15, 0.2) is 59.6 Å². The zero-order valence-corrected chi connectivity index (χ0v) is 17.4. The highest BCUT2D eigenvalue weighted by Crippen LogP contribution is 2.60. The van der Waals surface area contributed by atoms with E-state index >= 15 is 0 Å². The second-order valence-corrected chi connectivity index (χ2v) is 9.02. The molecule has 6 heteroatoms. The minimum Gasteiger partial charge on any atom is -0.461 e. The van der Waals surface area contributed by atoms with Crippen molar-refractivity contribution in [2.75, 3.05) is 0 Å². The molecule has 0 amide bonds. The topological polar surface area (TPSA) is 26.3 Å². The van der Waals surface area contributed by atoms with Crippen molar-refractivity contribution < 1.29 is 22.7 Å². The van der Waals surface area contributed by atoms with Crippen LogP contribution in [0, 0.1) is 17.3 Å². The van der Waals surface area contributed by atoms with Crippen molar-refractivity contribution in [3.05, 3.63) is 70.8 Å². The molecule has 2 aromatic carbocycles. The number of fused-ring (bicyclic) bond motifs is 1. The third-order valence-corrected chi connectivity index (χ3v) is 6.62. The van der Waals surface area contributed by atoms with E-state index in [1.165, 1.54) is 0 Å². The molecular formula is C24H22ClF3O2. The van der Waals surface area contributed by atoms with Gasteiger partial charge >= 0.3 is 12.1 Å². The van der Waals surface area contributed by atoms with Gasteiger partial charge in [-0.05, 0) is 33.6 Å². The first-order chi connectivity index (χ1) is 14.1. The molecule has 0 aliphatic heterocycles. The molecule has 30 heavy (non-hydrogen) atoms. The fourth-order valence-electron chi connectivity index (χ4n) is 4.51. The van der Waals surface area contributed by atoms with Gasteiger partial charge in [-0.25, -0.2) is 0 Å². The van der Waals surface area contributed by atoms with Gasteiger partial charge in [0.15, 0.2) is 0 Å². The Morgan fingerprint density at radius 2 is 1.80 bits per heavy atom. The summed E-state index contributed by atoms with van der Waals surface area (Å²) in [6.45, 7) is 3.52. The van der Waals surface area contributed by atoms with Crippen molar-refractivity contribution in [3.8, 4) is 11.1 Å². The molecule has 0 heterocycles. The van der Waals surface area contributed by atoms with Crippen molar-refractivity contribution in [1.82, 2.24) is 0 Å². The molecule has 4 rings (SSSR count). The van der Waals surface area contributed by atoms with Crippen LogP contribution in [-0.4, -0.2) is 18.2 Å². The minimum absolute atomic E-state index is 0.309. The van der Waals surface area contributed by atoms with Crippen molar-refractivity contribution in [1.29, 1.82) is 0 Å². The van der Waals surface area contributed by atoms with Crippen LogP contribution in [0.1, 0.15) is 25.0 Å². The van der Waals surface area contributed by atoms with Gasteiger partial charge in [0.1, 0.15) is 11.1 Å². The molecule has 1 saturated carbocycles. The summed E-state index contributed by atoms with van der Waals surface area (Å²) in [6.07, 6.45) is -2.75. The lowest BCUT2D eigenvalue weighted by Gasteiger charge is -2.12. The van der Waals surface area contributed by atoms with E-state index in [9.17, 15) is 18.0 Å². The number of ether oxygens (including phenoxy) is 1. The second-order valence-electron chi connectivity index (χ2n) is 8.61. The number of rotatable bonds is 4. The smallest absolute Gasteiger partial charge is 0.426 e. The number of alkyl halides is 3. The molecule has 2 nitrogen and oxygen atoms in total. The zero-order chi connectivity index (χ0) is 21.7. The normalized spacial score (nSPS) is 25.0. The molecule has 0 radical (unpaired) electrons. The third-order valence-electron chi connectivity index (χ3n) is 6.28. The summed E-state index contributed by atoms with van der Waals surface area (Å²) in [5.41, 5.74) is 3.92. The molecule has 0 N–H and O–H groups in total. The van der Waals surface area contributed by atoms with Gasteiger partial charge in [-0.2, -0.15) is 13.2 Å². The predicted molar refractivity (Wildman–Crippen MR) is 110 cm³/mol. The molecule has 1 fully saturated rings. The molecule has 158 valence electrons. The number of carbonyl (C=O) groups is 1. The number of hydrogen-bond acceptors (Lipinski definition) is 2. The van der Waals surface area contributed by atoms with E-state index in [1.807, 2.05) is 42.5 Å². The highest BCUT2D eigenvalue weighted by molar-refractivity contribution is 6.30. The van der Waals surface area contributed by atoms with Crippen LogP contribution in [0.4, 0.5) is 13.2 Å². The summed E-state index contributed by atoms with van der Waals surface area (Å²) in [5.74, 6) is -1.65. The monoisotopic (exact) mass is 434 g/mol. The first-order valence-electron chi connectivity index (χ1n) is 9.90. The van der Waals surface area contributed by atoms with Gasteiger partial charge < -0.3 is 4.74 Å². The number of allylic oxidation sites excluding steroid dienone is 2. The summed E-state index contributed by atoms with van der Waals surface area (Å²) in [7, 11) is 0. The summed E-state index contributed by atoms with van der Waals surface area (Å²) in [4.78, 5) is 12.7. The van der Waals surface area contributed by atoms with Gasteiger partial charge in [0.25, 0.3) is 0 Å². The first kappa shape index (κ1) is 21.0. The van der Waals surface area contributed by atoms with E-state index in [1.54, 1.807) is 13.8 Å². The molecule has 0 aromatic heterocycles. The summed E-state index contributed by atoms with van der Waals surface area (Å²) < 4.78 is 44.0. The van der Waals surface area contributed by atoms with Crippen LogP contribution in [-0.2, 0) is 22.4 Å². The third kappa shape index (κ3) is 3.87. The molecule has 1 unspecified atom stereocenters. The molecule has 2 aromatic rings. The summed E-state index contributed by atoms with van der Waals surface area (Å²) in [5, 5.41) is -1.18. The number of halogens is 4. The second kappa shape index (κ2) is 7.45. The number of benzene rings is 2. The molecule has 2 aliphatic rings. The Morgan fingerprint density at radius 3 is 2.47 bits per heavy atom. The van der Waals surface area contributed by atoms with Crippen molar-refractivity contribution in [3.63, 3.8) is 0 Å². The highest BCUT2D eigenvalue weighted by Gasteiger charge is 2.62. The van der Waals surface area contributed by atoms with Crippen LogP contribution < -0.4 is 0 Å². The Balaban J connectivity index is 1.47. The Kier molecular flexibility index (Phi) is 5.21. The average molecular weight is 435 g/mol. The van der Waals surface area contributed by atoms with Crippen LogP contribution in [0.3, 0.4) is 0 Å². The van der Waals surface area contributed by atoms with E-state index in [2.05, 4.69) is 6.07 Å². The fourth-order valence-corrected chi connectivity index (χ4v) is 4.65. The van der Waals surface area contributed by atoms with Gasteiger partial charge in [-0.15, -0.1) is 0 Å². The van der Waals surface area contributed by atoms with E-state index in [0.717, 1.165) is 28.3 Å². The highest BCUT2D eigenvalue weighted by atomic mass is 35.5. The Morgan fingerprint density at radius 1 is 1.10 bits per heavy atom. The average Bonchev–Trinajstić information content (AvgIpc) is 3.01. The maximum Gasteiger partial charge on any atom is 0.426 e. The lowest BCUT2D eigenvalue weighted by Crippen LogP contribution is -2.21. The predicted octanol–water partition coefficient (Wildman–Crippen LogP) is 6.32. The quantitative estimate of drug-likeness (QED) is 0.526. The van der Waals surface area contributed by atoms with E-state index in [0.29, 0.717) is 12.8 Å². The van der Waals surface area contributed by atoms with Crippen LogP contribution in [0.25, 0.3) is 11.1 Å². The van der Waals surface area contributed by atoms with Crippen LogP contribution in [0.2, 0.25) is 0 Å². The van der Waals surface area contributed by atoms with Gasteiger partial charge in [0.2, 0.25) is 0 Å².